The Morgan fingerprint density at radius 3 is 2.47 bits per heavy atom. The molecule has 5 rings (SSSR count). The van der Waals surface area contributed by atoms with Crippen molar-refractivity contribution >= 4 is 5.69 Å². The lowest BCUT2D eigenvalue weighted by atomic mass is 10.1. The molecule has 4 heterocycles. The number of hydrogen-bond acceptors (Lipinski definition) is 8. The highest BCUT2D eigenvalue weighted by Crippen LogP contribution is 2.26. The molecular formula is C26H26N6O2. The van der Waals surface area contributed by atoms with Gasteiger partial charge in [0.25, 0.3) is 0 Å². The van der Waals surface area contributed by atoms with Crippen LogP contribution in [-0.2, 0) is 17.6 Å². The van der Waals surface area contributed by atoms with Gasteiger partial charge < -0.3 is 14.7 Å². The monoisotopic (exact) mass is 454 g/mol. The molecule has 3 aromatic heterocycles. The molecule has 1 aliphatic rings. The summed E-state index contributed by atoms with van der Waals surface area (Å²) in [5.74, 6) is 1.51. The van der Waals surface area contributed by atoms with Gasteiger partial charge in [-0.05, 0) is 37.3 Å². The number of benzene rings is 1. The van der Waals surface area contributed by atoms with Gasteiger partial charge in [0.05, 0.1) is 24.6 Å². The number of anilines is 1. The highest BCUT2D eigenvalue weighted by atomic mass is 16.5. The van der Waals surface area contributed by atoms with E-state index in [1.54, 1.807) is 12.4 Å². The molecule has 4 aromatic rings. The van der Waals surface area contributed by atoms with Crippen LogP contribution in [0.2, 0.25) is 0 Å². The number of aromatic nitrogens is 5. The van der Waals surface area contributed by atoms with Gasteiger partial charge in [-0.3, -0.25) is 0 Å². The van der Waals surface area contributed by atoms with Gasteiger partial charge >= 0.3 is 0 Å². The van der Waals surface area contributed by atoms with E-state index in [1.165, 1.54) is 0 Å². The van der Waals surface area contributed by atoms with Crippen LogP contribution >= 0.6 is 0 Å². The van der Waals surface area contributed by atoms with E-state index in [2.05, 4.69) is 24.8 Å². The molecule has 0 spiro atoms. The summed E-state index contributed by atoms with van der Waals surface area (Å²) in [6.45, 7) is 5.02. The summed E-state index contributed by atoms with van der Waals surface area (Å²) in [4.78, 5) is 24.9. The molecule has 8 nitrogen and oxygen atoms in total. The van der Waals surface area contributed by atoms with Gasteiger partial charge in [0, 0.05) is 61.3 Å². The van der Waals surface area contributed by atoms with Crippen molar-refractivity contribution in [2.24, 2.45) is 0 Å². The number of nitrogens with zero attached hydrogens (tertiary/aromatic N) is 6. The molecule has 0 aliphatic carbocycles. The Bertz CT molecular complexity index is 1290. The Balaban J connectivity index is 1.30. The molecule has 34 heavy (non-hydrogen) atoms. The molecule has 1 aromatic carbocycles. The van der Waals surface area contributed by atoms with Gasteiger partial charge in [-0.15, -0.1) is 0 Å². The Morgan fingerprint density at radius 2 is 1.68 bits per heavy atom. The summed E-state index contributed by atoms with van der Waals surface area (Å²) < 4.78 is 5.41. The van der Waals surface area contributed by atoms with Gasteiger partial charge in [0.1, 0.15) is 17.3 Å². The first-order valence-corrected chi connectivity index (χ1v) is 11.4. The Hall–Kier alpha value is -3.91. The van der Waals surface area contributed by atoms with Crippen molar-refractivity contribution in [1.29, 1.82) is 0 Å². The van der Waals surface area contributed by atoms with Crippen molar-refractivity contribution in [3.8, 4) is 17.3 Å². The maximum atomic E-state index is 10.6. The molecule has 172 valence electrons. The van der Waals surface area contributed by atoms with Gasteiger partial charge in [-0.2, -0.15) is 0 Å². The number of pyridine rings is 1. The highest BCUT2D eigenvalue weighted by Gasteiger charge is 2.14. The molecule has 0 bridgehead atoms. The van der Waals surface area contributed by atoms with E-state index in [-0.39, 0.29) is 5.75 Å². The molecule has 0 unspecified atom stereocenters. The first kappa shape index (κ1) is 21.9. The zero-order valence-electron chi connectivity index (χ0n) is 19.1. The predicted octanol–water partition coefficient (Wildman–Crippen LogP) is 3.36. The van der Waals surface area contributed by atoms with E-state index in [0.717, 1.165) is 47.1 Å². The highest BCUT2D eigenvalue weighted by molar-refractivity contribution is 5.54. The molecular weight excluding hydrogens is 428 g/mol. The predicted molar refractivity (Wildman–Crippen MR) is 129 cm³/mol. The number of phenols is 1. The fourth-order valence-electron chi connectivity index (χ4n) is 3.99. The van der Waals surface area contributed by atoms with Gasteiger partial charge in [0.15, 0.2) is 5.82 Å². The van der Waals surface area contributed by atoms with Crippen LogP contribution in [0.4, 0.5) is 5.69 Å². The summed E-state index contributed by atoms with van der Waals surface area (Å²) in [7, 11) is 0. The summed E-state index contributed by atoms with van der Waals surface area (Å²) in [6, 6.07) is 15.4. The third kappa shape index (κ3) is 5.18. The number of ether oxygens (including phenoxy) is 1. The average Bonchev–Trinajstić information content (AvgIpc) is 2.86. The summed E-state index contributed by atoms with van der Waals surface area (Å²) >= 11 is 0. The molecule has 1 fully saturated rings. The van der Waals surface area contributed by atoms with Crippen LogP contribution in [0, 0.1) is 6.92 Å². The van der Waals surface area contributed by atoms with Crippen LogP contribution in [0.15, 0.2) is 60.9 Å². The molecule has 0 atom stereocenters. The topological polar surface area (TPSA) is 97.2 Å². The third-order valence-electron chi connectivity index (χ3n) is 5.75. The van der Waals surface area contributed by atoms with Crippen molar-refractivity contribution in [3.63, 3.8) is 0 Å². The molecule has 1 aliphatic heterocycles. The summed E-state index contributed by atoms with van der Waals surface area (Å²) in [5.41, 5.74) is 5.19. The van der Waals surface area contributed by atoms with Gasteiger partial charge in [0.2, 0.25) is 0 Å². The average molecular weight is 455 g/mol. The second kappa shape index (κ2) is 9.93. The molecule has 1 N–H and O–H groups in total. The van der Waals surface area contributed by atoms with Crippen LogP contribution < -0.4 is 4.90 Å². The largest absolute Gasteiger partial charge is 0.508 e. The minimum absolute atomic E-state index is 0.254. The van der Waals surface area contributed by atoms with Crippen molar-refractivity contribution in [2.75, 3.05) is 31.2 Å². The number of aromatic hydroxyl groups is 1. The van der Waals surface area contributed by atoms with Crippen molar-refractivity contribution in [2.45, 2.75) is 19.8 Å². The van der Waals surface area contributed by atoms with E-state index in [0.29, 0.717) is 37.7 Å². The van der Waals surface area contributed by atoms with Crippen molar-refractivity contribution < 1.29 is 9.84 Å². The second-order valence-electron chi connectivity index (χ2n) is 8.27. The third-order valence-corrected chi connectivity index (χ3v) is 5.75. The zero-order chi connectivity index (χ0) is 23.3. The Kier molecular flexibility index (Phi) is 6.40. The SMILES string of the molecule is Cc1cccc(-c2nccc(Cc3ccnc(Cc4ccc(N5CCOCC5)cc4O)n3)n2)n1. The maximum absolute atomic E-state index is 10.6. The van der Waals surface area contributed by atoms with Crippen LogP contribution in [0.5, 0.6) is 5.75 Å². The zero-order valence-corrected chi connectivity index (χ0v) is 19.1. The Labute approximate surface area is 198 Å². The van der Waals surface area contributed by atoms with Gasteiger partial charge in [-0.25, -0.2) is 24.9 Å². The lowest BCUT2D eigenvalue weighted by Crippen LogP contribution is -2.36. The van der Waals surface area contributed by atoms with Crippen molar-refractivity contribution in [1.82, 2.24) is 24.9 Å². The minimum atomic E-state index is 0.254. The minimum Gasteiger partial charge on any atom is -0.508 e. The van der Waals surface area contributed by atoms with Crippen LogP contribution in [-0.4, -0.2) is 56.3 Å². The van der Waals surface area contributed by atoms with E-state index < -0.39 is 0 Å². The van der Waals surface area contributed by atoms with Crippen LogP contribution in [0.25, 0.3) is 11.5 Å². The second-order valence-corrected chi connectivity index (χ2v) is 8.27. The Morgan fingerprint density at radius 1 is 0.882 bits per heavy atom. The maximum Gasteiger partial charge on any atom is 0.178 e. The van der Waals surface area contributed by atoms with E-state index in [9.17, 15) is 5.11 Å². The lowest BCUT2D eigenvalue weighted by molar-refractivity contribution is 0.122. The molecule has 8 heteroatoms. The fraction of sp³-hybridized carbons (Fsp3) is 0.269. The number of rotatable bonds is 6. The van der Waals surface area contributed by atoms with E-state index >= 15 is 0 Å². The number of morpholine rings is 1. The van der Waals surface area contributed by atoms with Gasteiger partial charge in [-0.1, -0.05) is 12.1 Å². The molecule has 0 amide bonds. The standard InChI is InChI=1S/C26H26N6O2/c1-18-3-2-4-23(29-18)26-28-10-8-21(31-26)16-20-7-9-27-25(30-20)15-19-5-6-22(17-24(19)33)32-11-13-34-14-12-32/h2-10,17,33H,11-16H2,1H3. The number of aryl methyl sites for hydroxylation is 1. The lowest BCUT2D eigenvalue weighted by Gasteiger charge is -2.29. The molecule has 0 saturated carbocycles. The smallest absolute Gasteiger partial charge is 0.178 e. The first-order chi connectivity index (χ1) is 16.6. The summed E-state index contributed by atoms with van der Waals surface area (Å²) in [5, 5.41) is 10.6. The molecule has 1 saturated heterocycles. The van der Waals surface area contributed by atoms with E-state index in [1.807, 2.05) is 55.5 Å². The normalized spacial score (nSPS) is 13.7. The van der Waals surface area contributed by atoms with E-state index in [4.69, 9.17) is 9.72 Å². The summed E-state index contributed by atoms with van der Waals surface area (Å²) in [6.07, 6.45) is 4.50. The van der Waals surface area contributed by atoms with Crippen LogP contribution in [0.3, 0.4) is 0 Å². The molecule has 0 radical (unpaired) electrons. The first-order valence-electron chi connectivity index (χ1n) is 11.4. The van der Waals surface area contributed by atoms with Crippen molar-refractivity contribution in [3.05, 3.63) is 89.4 Å². The van der Waals surface area contributed by atoms with Crippen LogP contribution in [0.1, 0.15) is 28.5 Å². The quantitative estimate of drug-likeness (QED) is 0.474. The fourth-order valence-corrected chi connectivity index (χ4v) is 3.99. The number of phenolic OH excluding ortho intramolecular Hbond substituents is 1. The number of hydrogen-bond donors (Lipinski definition) is 1.